The average molecular weight is 526 g/mol. The Morgan fingerprint density at radius 2 is 2.03 bits per heavy atom. The number of halogens is 1. The number of aliphatic imine (C=N–C) groups is 1. The molecule has 1 aromatic carbocycles. The first-order valence-corrected chi connectivity index (χ1v) is 11.4. The number of nitrogens with zero attached hydrogens (tertiary/aromatic N) is 5. The Hall–Kier alpha value is -1.29. The molecular formula is C21H31IN6S. The molecule has 0 saturated carbocycles. The van der Waals surface area contributed by atoms with E-state index in [2.05, 4.69) is 60.3 Å². The number of likely N-dealkylation sites (tertiary alicyclic amines) is 1. The lowest BCUT2D eigenvalue weighted by atomic mass is 10.2. The van der Waals surface area contributed by atoms with Gasteiger partial charge in [0.2, 0.25) is 0 Å². The summed E-state index contributed by atoms with van der Waals surface area (Å²) in [5, 5.41) is 12.3. The van der Waals surface area contributed by atoms with E-state index in [0.717, 1.165) is 49.4 Å². The zero-order valence-corrected chi connectivity index (χ0v) is 20.2. The second-order valence-corrected chi connectivity index (χ2v) is 8.71. The summed E-state index contributed by atoms with van der Waals surface area (Å²) in [6, 6.07) is 10.7. The maximum absolute atomic E-state index is 4.52. The fourth-order valence-electron chi connectivity index (χ4n) is 4.06. The molecule has 2 aliphatic rings. The van der Waals surface area contributed by atoms with Crippen LogP contribution < -0.4 is 5.32 Å². The van der Waals surface area contributed by atoms with Gasteiger partial charge in [-0.05, 0) is 37.3 Å². The SMILES string of the molecule is CN=C(NCc1nnc2n1CCCCC2)N1CCC(CSc2ccccc2)C1.I. The van der Waals surface area contributed by atoms with E-state index in [1.807, 2.05) is 18.8 Å². The van der Waals surface area contributed by atoms with Crippen LogP contribution in [-0.4, -0.2) is 51.5 Å². The van der Waals surface area contributed by atoms with Crippen LogP contribution in [0.25, 0.3) is 0 Å². The summed E-state index contributed by atoms with van der Waals surface area (Å²) in [4.78, 5) is 8.26. The van der Waals surface area contributed by atoms with E-state index >= 15 is 0 Å². The number of guanidine groups is 1. The molecule has 3 heterocycles. The Balaban J connectivity index is 0.00000240. The van der Waals surface area contributed by atoms with Crippen LogP contribution in [0.1, 0.15) is 37.3 Å². The van der Waals surface area contributed by atoms with Gasteiger partial charge in [-0.3, -0.25) is 4.99 Å². The number of hydrogen-bond donors (Lipinski definition) is 1. The molecule has 2 aliphatic heterocycles. The summed E-state index contributed by atoms with van der Waals surface area (Å²) in [7, 11) is 1.87. The van der Waals surface area contributed by atoms with Crippen LogP contribution in [0.3, 0.4) is 0 Å². The van der Waals surface area contributed by atoms with Gasteiger partial charge >= 0.3 is 0 Å². The smallest absolute Gasteiger partial charge is 0.194 e. The zero-order chi connectivity index (χ0) is 19.2. The lowest BCUT2D eigenvalue weighted by molar-refractivity contribution is 0.471. The van der Waals surface area contributed by atoms with E-state index in [1.54, 1.807) is 0 Å². The van der Waals surface area contributed by atoms with Crippen LogP contribution in [0.15, 0.2) is 40.2 Å². The summed E-state index contributed by atoms with van der Waals surface area (Å²) in [5.41, 5.74) is 0. The minimum Gasteiger partial charge on any atom is -0.349 e. The first-order chi connectivity index (χ1) is 13.8. The van der Waals surface area contributed by atoms with Crippen molar-refractivity contribution in [2.75, 3.05) is 25.9 Å². The maximum atomic E-state index is 4.52. The van der Waals surface area contributed by atoms with E-state index < -0.39 is 0 Å². The van der Waals surface area contributed by atoms with Crippen molar-refractivity contribution in [3.05, 3.63) is 42.0 Å². The van der Waals surface area contributed by atoms with Gasteiger partial charge in [-0.1, -0.05) is 24.6 Å². The van der Waals surface area contributed by atoms with Gasteiger partial charge in [0.25, 0.3) is 0 Å². The molecule has 0 spiro atoms. The molecule has 1 fully saturated rings. The Morgan fingerprint density at radius 1 is 1.17 bits per heavy atom. The van der Waals surface area contributed by atoms with Crippen molar-refractivity contribution in [1.82, 2.24) is 25.0 Å². The Kier molecular flexibility index (Phi) is 8.65. The number of nitrogens with one attached hydrogen (secondary N) is 1. The van der Waals surface area contributed by atoms with Crippen LogP contribution in [0.5, 0.6) is 0 Å². The normalized spacial score (nSPS) is 19.4. The molecule has 0 radical (unpaired) electrons. The summed E-state index contributed by atoms with van der Waals surface area (Å²) >= 11 is 1.96. The first-order valence-electron chi connectivity index (χ1n) is 10.4. The van der Waals surface area contributed by atoms with E-state index in [4.69, 9.17) is 0 Å². The molecule has 1 saturated heterocycles. The Labute approximate surface area is 195 Å². The third-order valence-corrected chi connectivity index (χ3v) is 6.86. The molecule has 0 bridgehead atoms. The van der Waals surface area contributed by atoms with Crippen molar-refractivity contribution in [3.63, 3.8) is 0 Å². The van der Waals surface area contributed by atoms with Gasteiger partial charge < -0.3 is 14.8 Å². The second kappa shape index (κ2) is 11.2. The molecule has 0 amide bonds. The third kappa shape index (κ3) is 5.87. The number of thioether (sulfide) groups is 1. The van der Waals surface area contributed by atoms with Crippen molar-refractivity contribution in [2.45, 2.75) is 50.1 Å². The highest BCUT2D eigenvalue weighted by atomic mass is 127. The van der Waals surface area contributed by atoms with Crippen molar-refractivity contribution in [2.24, 2.45) is 10.9 Å². The molecule has 1 unspecified atom stereocenters. The summed E-state index contributed by atoms with van der Waals surface area (Å²) in [6.45, 7) is 3.87. The van der Waals surface area contributed by atoms with Gasteiger partial charge in [-0.15, -0.1) is 45.9 Å². The number of aryl methyl sites for hydroxylation is 1. The zero-order valence-electron chi connectivity index (χ0n) is 17.1. The van der Waals surface area contributed by atoms with Gasteiger partial charge in [0.1, 0.15) is 5.82 Å². The van der Waals surface area contributed by atoms with Gasteiger partial charge in [-0.2, -0.15) is 0 Å². The van der Waals surface area contributed by atoms with E-state index in [1.165, 1.54) is 30.6 Å². The molecule has 0 aliphatic carbocycles. The van der Waals surface area contributed by atoms with Gasteiger partial charge in [0.05, 0.1) is 6.54 Å². The highest BCUT2D eigenvalue weighted by Crippen LogP contribution is 2.26. The van der Waals surface area contributed by atoms with Gasteiger partial charge in [0.15, 0.2) is 11.8 Å². The molecular weight excluding hydrogens is 495 g/mol. The maximum Gasteiger partial charge on any atom is 0.194 e. The molecule has 158 valence electrons. The van der Waals surface area contributed by atoms with E-state index in [9.17, 15) is 0 Å². The first kappa shape index (κ1) is 22.4. The average Bonchev–Trinajstić information content (AvgIpc) is 3.28. The number of fused-ring (bicyclic) bond motifs is 1. The topological polar surface area (TPSA) is 58.3 Å². The predicted octanol–water partition coefficient (Wildman–Crippen LogP) is 3.81. The largest absolute Gasteiger partial charge is 0.349 e. The Morgan fingerprint density at radius 3 is 2.86 bits per heavy atom. The minimum absolute atomic E-state index is 0. The molecule has 1 atom stereocenters. The lowest BCUT2D eigenvalue weighted by Gasteiger charge is -2.21. The quantitative estimate of drug-likeness (QED) is 0.278. The highest BCUT2D eigenvalue weighted by molar-refractivity contribution is 14.0. The predicted molar refractivity (Wildman–Crippen MR) is 130 cm³/mol. The second-order valence-electron chi connectivity index (χ2n) is 7.62. The summed E-state index contributed by atoms with van der Waals surface area (Å²) in [6.07, 6.45) is 6.01. The monoisotopic (exact) mass is 526 g/mol. The van der Waals surface area contributed by atoms with Gasteiger partial charge in [-0.25, -0.2) is 0 Å². The summed E-state index contributed by atoms with van der Waals surface area (Å²) in [5.74, 6) is 5.03. The molecule has 8 heteroatoms. The molecule has 29 heavy (non-hydrogen) atoms. The Bertz CT molecular complexity index is 794. The fourth-order valence-corrected chi connectivity index (χ4v) is 5.11. The van der Waals surface area contributed by atoms with Crippen molar-refractivity contribution in [1.29, 1.82) is 0 Å². The molecule has 1 aromatic heterocycles. The number of aromatic nitrogens is 3. The van der Waals surface area contributed by atoms with Crippen LogP contribution in [0.4, 0.5) is 0 Å². The van der Waals surface area contributed by atoms with Crippen LogP contribution in [0.2, 0.25) is 0 Å². The van der Waals surface area contributed by atoms with E-state index in [-0.39, 0.29) is 24.0 Å². The third-order valence-electron chi connectivity index (χ3n) is 5.62. The lowest BCUT2D eigenvalue weighted by Crippen LogP contribution is -2.40. The van der Waals surface area contributed by atoms with Gasteiger partial charge in [0, 0.05) is 43.8 Å². The highest BCUT2D eigenvalue weighted by Gasteiger charge is 2.25. The minimum atomic E-state index is 0. The summed E-state index contributed by atoms with van der Waals surface area (Å²) < 4.78 is 2.30. The molecule has 2 aromatic rings. The van der Waals surface area contributed by atoms with Crippen molar-refractivity contribution < 1.29 is 0 Å². The van der Waals surface area contributed by atoms with Crippen LogP contribution >= 0.6 is 35.7 Å². The molecule has 4 rings (SSSR count). The number of hydrogen-bond acceptors (Lipinski definition) is 4. The van der Waals surface area contributed by atoms with E-state index in [0.29, 0.717) is 12.5 Å². The fraction of sp³-hybridized carbons (Fsp3) is 0.571. The number of rotatable bonds is 5. The van der Waals surface area contributed by atoms with Crippen molar-refractivity contribution >= 4 is 41.7 Å². The standard InChI is InChI=1S/C21H30N6S.HI/c1-22-21(23-14-20-25-24-19-10-6-3-7-12-27(19)20)26-13-11-17(15-26)16-28-18-8-4-2-5-9-18;/h2,4-5,8-9,17H,3,6-7,10-16H2,1H3,(H,22,23);1H. The van der Waals surface area contributed by atoms with Crippen LogP contribution in [0, 0.1) is 5.92 Å². The molecule has 1 N–H and O–H groups in total. The van der Waals surface area contributed by atoms with Crippen LogP contribution in [-0.2, 0) is 19.5 Å². The van der Waals surface area contributed by atoms with Crippen molar-refractivity contribution in [3.8, 4) is 0 Å². The number of benzene rings is 1. The molecule has 6 nitrogen and oxygen atoms in total.